The van der Waals surface area contributed by atoms with Crippen molar-refractivity contribution < 1.29 is 28.5 Å². The van der Waals surface area contributed by atoms with Crippen LogP contribution >= 0.6 is 0 Å². The highest BCUT2D eigenvalue weighted by molar-refractivity contribution is 5.77. The molecule has 7 nitrogen and oxygen atoms in total. The molecule has 0 aliphatic carbocycles. The lowest BCUT2D eigenvalue weighted by molar-refractivity contribution is -0.120. The number of hydrogen-bond donors (Lipinski definition) is 0. The average molecular weight is 532 g/mol. The SMILES string of the molecule is CCCCOC(=O)N1CCC[C@@]1(C=O)COCc1ccc(OCc2ccccc2)c(OCc2ccccc2)c1. The fourth-order valence-electron chi connectivity index (χ4n) is 4.55. The van der Waals surface area contributed by atoms with E-state index in [0.717, 1.165) is 42.2 Å². The molecular formula is C32H37NO6. The van der Waals surface area contributed by atoms with E-state index in [9.17, 15) is 9.59 Å². The third kappa shape index (κ3) is 7.83. The fraction of sp³-hybridized carbons (Fsp3) is 0.375. The topological polar surface area (TPSA) is 74.3 Å². The molecule has 1 aliphatic rings. The van der Waals surface area contributed by atoms with Gasteiger partial charge in [0.25, 0.3) is 0 Å². The number of amides is 1. The van der Waals surface area contributed by atoms with E-state index in [1.54, 1.807) is 0 Å². The normalized spacial score (nSPS) is 16.6. The van der Waals surface area contributed by atoms with Gasteiger partial charge in [-0.2, -0.15) is 0 Å². The molecule has 3 aromatic rings. The van der Waals surface area contributed by atoms with Crippen molar-refractivity contribution in [1.82, 2.24) is 4.90 Å². The summed E-state index contributed by atoms with van der Waals surface area (Å²) in [7, 11) is 0. The molecule has 7 heteroatoms. The molecule has 0 spiro atoms. The van der Waals surface area contributed by atoms with E-state index in [-0.39, 0.29) is 13.2 Å². The second-order valence-electron chi connectivity index (χ2n) is 9.77. The van der Waals surface area contributed by atoms with Crippen molar-refractivity contribution in [2.24, 2.45) is 0 Å². The van der Waals surface area contributed by atoms with Crippen LogP contribution in [0.3, 0.4) is 0 Å². The minimum Gasteiger partial charge on any atom is -0.485 e. The fourth-order valence-corrected chi connectivity index (χ4v) is 4.55. The summed E-state index contributed by atoms with van der Waals surface area (Å²) in [5.41, 5.74) is 1.98. The van der Waals surface area contributed by atoms with Gasteiger partial charge in [0, 0.05) is 6.54 Å². The first-order valence-corrected chi connectivity index (χ1v) is 13.6. The van der Waals surface area contributed by atoms with Gasteiger partial charge in [-0.15, -0.1) is 0 Å². The van der Waals surface area contributed by atoms with E-state index in [4.69, 9.17) is 18.9 Å². The van der Waals surface area contributed by atoms with Crippen LogP contribution in [0, 0.1) is 0 Å². The minimum absolute atomic E-state index is 0.103. The van der Waals surface area contributed by atoms with Gasteiger partial charge in [-0.05, 0) is 48.1 Å². The lowest BCUT2D eigenvalue weighted by Gasteiger charge is -2.32. The molecule has 1 amide bonds. The van der Waals surface area contributed by atoms with Crippen LogP contribution in [0.4, 0.5) is 4.79 Å². The molecule has 0 aromatic heterocycles. The molecule has 1 aliphatic heterocycles. The van der Waals surface area contributed by atoms with Crippen molar-refractivity contribution in [3.63, 3.8) is 0 Å². The van der Waals surface area contributed by atoms with Gasteiger partial charge < -0.3 is 23.7 Å². The molecule has 39 heavy (non-hydrogen) atoms. The highest BCUT2D eigenvalue weighted by atomic mass is 16.6. The summed E-state index contributed by atoms with van der Waals surface area (Å²) in [6.45, 7) is 4.05. The van der Waals surface area contributed by atoms with Crippen molar-refractivity contribution in [1.29, 1.82) is 0 Å². The summed E-state index contributed by atoms with van der Waals surface area (Å²) in [5.74, 6) is 1.25. The monoisotopic (exact) mass is 531 g/mol. The Bertz CT molecular complexity index is 1190. The number of rotatable bonds is 14. The Morgan fingerprint density at radius 1 is 0.872 bits per heavy atom. The van der Waals surface area contributed by atoms with Gasteiger partial charge in [-0.25, -0.2) is 4.79 Å². The van der Waals surface area contributed by atoms with Crippen molar-refractivity contribution in [3.05, 3.63) is 95.6 Å². The number of hydrogen-bond acceptors (Lipinski definition) is 6. The summed E-state index contributed by atoms with van der Waals surface area (Å²) in [5, 5.41) is 0. The van der Waals surface area contributed by atoms with Gasteiger partial charge >= 0.3 is 6.09 Å². The number of unbranched alkanes of at least 4 members (excludes halogenated alkanes) is 1. The highest BCUT2D eigenvalue weighted by Gasteiger charge is 2.45. The average Bonchev–Trinajstić information content (AvgIpc) is 3.41. The van der Waals surface area contributed by atoms with E-state index in [1.165, 1.54) is 4.90 Å². The van der Waals surface area contributed by atoms with Crippen LogP contribution in [0.5, 0.6) is 11.5 Å². The third-order valence-corrected chi connectivity index (χ3v) is 6.80. The standard InChI is InChI=1S/C32H37NO6/c1-2-3-19-37-31(35)33-18-10-17-32(33,24-34)25-36-21-28-15-16-29(38-22-26-11-6-4-7-12-26)30(20-28)39-23-27-13-8-5-9-14-27/h4-9,11-16,20,24H,2-3,10,17-19,21-23,25H2,1H3/t32-/m1/s1. The maximum atomic E-state index is 12.6. The first-order chi connectivity index (χ1) is 19.1. The second kappa shape index (κ2) is 14.4. The van der Waals surface area contributed by atoms with Gasteiger partial charge in [-0.1, -0.05) is 80.1 Å². The number of nitrogens with zero attached hydrogens (tertiary/aromatic N) is 1. The van der Waals surface area contributed by atoms with Crippen molar-refractivity contribution in [3.8, 4) is 11.5 Å². The van der Waals surface area contributed by atoms with Gasteiger partial charge in [0.2, 0.25) is 0 Å². The smallest absolute Gasteiger partial charge is 0.410 e. The molecule has 0 N–H and O–H groups in total. The number of carbonyl (C=O) groups excluding carboxylic acids is 2. The number of benzene rings is 3. The summed E-state index contributed by atoms with van der Waals surface area (Å²) in [6.07, 6.45) is 3.39. The summed E-state index contributed by atoms with van der Waals surface area (Å²) < 4.78 is 23.6. The molecule has 4 rings (SSSR count). The quantitative estimate of drug-likeness (QED) is 0.179. The van der Waals surface area contributed by atoms with Gasteiger partial charge in [0.1, 0.15) is 25.0 Å². The van der Waals surface area contributed by atoms with Crippen molar-refractivity contribution in [2.45, 2.75) is 58.0 Å². The number of ether oxygens (including phenoxy) is 4. The molecule has 206 valence electrons. The van der Waals surface area contributed by atoms with Gasteiger partial charge in [-0.3, -0.25) is 4.90 Å². The zero-order chi connectivity index (χ0) is 27.3. The molecule has 0 radical (unpaired) electrons. The summed E-state index contributed by atoms with van der Waals surface area (Å²) >= 11 is 0. The molecule has 3 aromatic carbocycles. The first-order valence-electron chi connectivity index (χ1n) is 13.6. The Balaban J connectivity index is 1.41. The molecule has 1 saturated heterocycles. The lowest BCUT2D eigenvalue weighted by atomic mass is 10.00. The summed E-state index contributed by atoms with van der Waals surface area (Å²) in [4.78, 5) is 26.3. The Kier molecular flexibility index (Phi) is 10.4. The zero-order valence-electron chi connectivity index (χ0n) is 22.6. The minimum atomic E-state index is -1.01. The Labute approximate surface area is 230 Å². The Hall–Kier alpha value is -3.84. The number of carbonyl (C=O) groups is 2. The van der Waals surface area contributed by atoms with E-state index in [2.05, 4.69) is 0 Å². The number of aldehydes is 1. The van der Waals surface area contributed by atoms with E-state index >= 15 is 0 Å². The van der Waals surface area contributed by atoms with Crippen LogP contribution in [-0.4, -0.2) is 42.6 Å². The Morgan fingerprint density at radius 3 is 2.18 bits per heavy atom. The van der Waals surface area contributed by atoms with E-state index < -0.39 is 11.6 Å². The predicted octanol–water partition coefficient (Wildman–Crippen LogP) is 6.33. The van der Waals surface area contributed by atoms with E-state index in [1.807, 2.05) is 85.8 Å². The maximum Gasteiger partial charge on any atom is 0.410 e. The van der Waals surface area contributed by atoms with Gasteiger partial charge in [0.05, 0.1) is 19.8 Å². The molecule has 0 bridgehead atoms. The predicted molar refractivity (Wildman–Crippen MR) is 149 cm³/mol. The molecule has 1 atom stereocenters. The van der Waals surface area contributed by atoms with Crippen LogP contribution in [0.25, 0.3) is 0 Å². The molecule has 0 saturated carbocycles. The number of likely N-dealkylation sites (tertiary alicyclic amines) is 1. The first kappa shape index (κ1) is 28.2. The zero-order valence-corrected chi connectivity index (χ0v) is 22.6. The van der Waals surface area contributed by atoms with Crippen molar-refractivity contribution >= 4 is 12.4 Å². The molecule has 1 heterocycles. The lowest BCUT2D eigenvalue weighted by Crippen LogP contribution is -2.52. The maximum absolute atomic E-state index is 12.6. The second-order valence-corrected chi connectivity index (χ2v) is 9.77. The summed E-state index contributed by atoms with van der Waals surface area (Å²) in [6, 6.07) is 25.6. The van der Waals surface area contributed by atoms with Crippen LogP contribution in [0.15, 0.2) is 78.9 Å². The molecule has 0 unspecified atom stereocenters. The van der Waals surface area contributed by atoms with Gasteiger partial charge in [0.15, 0.2) is 11.5 Å². The third-order valence-electron chi connectivity index (χ3n) is 6.80. The Morgan fingerprint density at radius 2 is 1.54 bits per heavy atom. The highest BCUT2D eigenvalue weighted by Crippen LogP contribution is 2.32. The van der Waals surface area contributed by atoms with Crippen LogP contribution in [-0.2, 0) is 34.1 Å². The van der Waals surface area contributed by atoms with Crippen LogP contribution in [0.2, 0.25) is 0 Å². The van der Waals surface area contributed by atoms with E-state index in [0.29, 0.717) is 44.3 Å². The molecular weight excluding hydrogens is 494 g/mol. The van der Waals surface area contributed by atoms with Crippen LogP contribution < -0.4 is 9.47 Å². The van der Waals surface area contributed by atoms with Crippen LogP contribution in [0.1, 0.15) is 49.3 Å². The van der Waals surface area contributed by atoms with Crippen molar-refractivity contribution in [2.75, 3.05) is 19.8 Å². The largest absolute Gasteiger partial charge is 0.485 e. The molecule has 1 fully saturated rings.